The minimum absolute atomic E-state index is 0.163. The molecule has 2 heteroatoms. The SMILES string of the molecule is Cc1ccc(C(=O)C(C)(Cc2ccccc2)N(C)C)cc1. The second-order valence-corrected chi connectivity index (χ2v) is 6.03. The molecule has 0 radical (unpaired) electrons. The molecule has 1 atom stereocenters. The molecular formula is C19H23NO. The highest BCUT2D eigenvalue weighted by Crippen LogP contribution is 2.24. The Morgan fingerprint density at radius 2 is 1.57 bits per heavy atom. The third-order valence-electron chi connectivity index (χ3n) is 4.18. The zero-order chi connectivity index (χ0) is 15.5. The maximum absolute atomic E-state index is 13.0. The molecular weight excluding hydrogens is 258 g/mol. The number of nitrogens with zero attached hydrogens (tertiary/aromatic N) is 1. The third kappa shape index (κ3) is 3.40. The van der Waals surface area contributed by atoms with E-state index >= 15 is 0 Å². The van der Waals surface area contributed by atoms with Gasteiger partial charge in [-0.25, -0.2) is 0 Å². The summed E-state index contributed by atoms with van der Waals surface area (Å²) in [5.41, 5.74) is 2.57. The summed E-state index contributed by atoms with van der Waals surface area (Å²) in [5, 5.41) is 0. The summed E-state index contributed by atoms with van der Waals surface area (Å²) in [6.07, 6.45) is 0.702. The fourth-order valence-corrected chi connectivity index (χ4v) is 2.45. The number of ketones is 1. The van der Waals surface area contributed by atoms with Gasteiger partial charge in [0.25, 0.3) is 0 Å². The molecule has 0 amide bonds. The van der Waals surface area contributed by atoms with Crippen LogP contribution in [-0.4, -0.2) is 30.3 Å². The van der Waals surface area contributed by atoms with E-state index in [4.69, 9.17) is 0 Å². The van der Waals surface area contributed by atoms with Crippen LogP contribution in [0.25, 0.3) is 0 Å². The number of benzene rings is 2. The van der Waals surface area contributed by atoms with E-state index in [1.807, 2.05) is 75.3 Å². The Morgan fingerprint density at radius 1 is 1.00 bits per heavy atom. The van der Waals surface area contributed by atoms with Gasteiger partial charge in [-0.2, -0.15) is 0 Å². The quantitative estimate of drug-likeness (QED) is 0.778. The molecule has 0 saturated carbocycles. The first kappa shape index (κ1) is 15.5. The molecule has 0 heterocycles. The Hall–Kier alpha value is -1.93. The highest BCUT2D eigenvalue weighted by atomic mass is 16.1. The molecule has 0 N–H and O–H groups in total. The molecule has 0 saturated heterocycles. The standard InChI is InChI=1S/C19H23NO/c1-15-10-12-17(13-11-15)18(21)19(2,20(3)4)14-16-8-6-5-7-9-16/h5-13H,14H2,1-4H3. The van der Waals surface area contributed by atoms with Gasteiger partial charge in [-0.05, 0) is 39.9 Å². The molecule has 0 spiro atoms. The maximum Gasteiger partial charge on any atom is 0.183 e. The molecule has 0 fully saturated rings. The molecule has 0 aliphatic carbocycles. The molecule has 0 aromatic heterocycles. The van der Waals surface area contributed by atoms with E-state index in [2.05, 4.69) is 12.1 Å². The van der Waals surface area contributed by atoms with Crippen LogP contribution in [0, 0.1) is 6.92 Å². The third-order valence-corrected chi connectivity index (χ3v) is 4.18. The van der Waals surface area contributed by atoms with Crippen LogP contribution in [0.2, 0.25) is 0 Å². The van der Waals surface area contributed by atoms with Gasteiger partial charge in [-0.3, -0.25) is 9.69 Å². The lowest BCUT2D eigenvalue weighted by atomic mass is 9.84. The average molecular weight is 281 g/mol. The molecule has 0 aliphatic rings. The van der Waals surface area contributed by atoms with E-state index in [9.17, 15) is 4.79 Å². The summed E-state index contributed by atoms with van der Waals surface area (Å²) in [4.78, 5) is 15.0. The molecule has 2 nitrogen and oxygen atoms in total. The van der Waals surface area contributed by atoms with Gasteiger partial charge in [0.2, 0.25) is 0 Å². The predicted octanol–water partition coefficient (Wildman–Crippen LogP) is 3.74. The summed E-state index contributed by atoms with van der Waals surface area (Å²) >= 11 is 0. The minimum atomic E-state index is -0.545. The number of hydrogen-bond donors (Lipinski definition) is 0. The van der Waals surface area contributed by atoms with Gasteiger partial charge in [-0.15, -0.1) is 0 Å². The van der Waals surface area contributed by atoms with Crippen LogP contribution in [-0.2, 0) is 6.42 Å². The van der Waals surface area contributed by atoms with E-state index in [-0.39, 0.29) is 5.78 Å². The van der Waals surface area contributed by atoms with Gasteiger partial charge < -0.3 is 0 Å². The monoisotopic (exact) mass is 281 g/mol. The first-order valence-corrected chi connectivity index (χ1v) is 7.26. The van der Waals surface area contributed by atoms with Gasteiger partial charge in [0, 0.05) is 5.56 Å². The highest BCUT2D eigenvalue weighted by molar-refractivity contribution is 6.03. The molecule has 21 heavy (non-hydrogen) atoms. The molecule has 0 bridgehead atoms. The summed E-state index contributed by atoms with van der Waals surface area (Å²) in [7, 11) is 3.93. The zero-order valence-corrected chi connectivity index (χ0v) is 13.3. The van der Waals surface area contributed by atoms with Crippen molar-refractivity contribution in [3.8, 4) is 0 Å². The van der Waals surface area contributed by atoms with Crippen molar-refractivity contribution in [3.63, 3.8) is 0 Å². The van der Waals surface area contributed by atoms with E-state index in [0.717, 1.165) is 5.56 Å². The van der Waals surface area contributed by atoms with Gasteiger partial charge in [0.1, 0.15) is 0 Å². The van der Waals surface area contributed by atoms with E-state index in [1.54, 1.807) is 0 Å². The predicted molar refractivity (Wildman–Crippen MR) is 87.7 cm³/mol. The van der Waals surface area contributed by atoms with Crippen molar-refractivity contribution in [2.75, 3.05) is 14.1 Å². The Kier molecular flexibility index (Phi) is 4.59. The zero-order valence-electron chi connectivity index (χ0n) is 13.3. The van der Waals surface area contributed by atoms with Gasteiger partial charge in [0.15, 0.2) is 5.78 Å². The Balaban J connectivity index is 2.33. The molecule has 2 aromatic carbocycles. The minimum Gasteiger partial charge on any atom is -0.297 e. The number of rotatable bonds is 5. The molecule has 2 aromatic rings. The van der Waals surface area contributed by atoms with Crippen molar-refractivity contribution >= 4 is 5.78 Å². The smallest absolute Gasteiger partial charge is 0.183 e. The average Bonchev–Trinajstić information content (AvgIpc) is 2.48. The second kappa shape index (κ2) is 6.23. The normalized spacial score (nSPS) is 14.0. The molecule has 2 rings (SSSR count). The Morgan fingerprint density at radius 3 is 2.10 bits per heavy atom. The number of hydrogen-bond acceptors (Lipinski definition) is 2. The van der Waals surface area contributed by atoms with Gasteiger partial charge in [-0.1, -0.05) is 60.2 Å². The van der Waals surface area contributed by atoms with Crippen molar-refractivity contribution in [1.29, 1.82) is 0 Å². The first-order chi connectivity index (χ1) is 9.93. The lowest BCUT2D eigenvalue weighted by Gasteiger charge is -2.35. The van der Waals surface area contributed by atoms with Crippen LogP contribution in [0.15, 0.2) is 54.6 Å². The number of Topliss-reactive ketones (excluding diaryl/α,β-unsaturated/α-hetero) is 1. The topological polar surface area (TPSA) is 20.3 Å². The number of carbonyl (C=O) groups is 1. The van der Waals surface area contributed by atoms with E-state index in [0.29, 0.717) is 6.42 Å². The fraction of sp³-hybridized carbons (Fsp3) is 0.316. The van der Waals surface area contributed by atoms with Crippen molar-refractivity contribution in [2.45, 2.75) is 25.8 Å². The molecule has 0 aliphatic heterocycles. The molecule has 110 valence electrons. The summed E-state index contributed by atoms with van der Waals surface area (Å²) in [6, 6.07) is 18.0. The summed E-state index contributed by atoms with van der Waals surface area (Å²) in [5.74, 6) is 0.163. The first-order valence-electron chi connectivity index (χ1n) is 7.26. The van der Waals surface area contributed by atoms with E-state index in [1.165, 1.54) is 11.1 Å². The van der Waals surface area contributed by atoms with Crippen LogP contribution < -0.4 is 0 Å². The van der Waals surface area contributed by atoms with Crippen molar-refractivity contribution < 1.29 is 4.79 Å². The Labute approximate surface area is 127 Å². The van der Waals surface area contributed by atoms with Crippen LogP contribution in [0.4, 0.5) is 0 Å². The Bertz CT molecular complexity index is 601. The van der Waals surface area contributed by atoms with Crippen LogP contribution >= 0.6 is 0 Å². The van der Waals surface area contributed by atoms with Gasteiger partial charge >= 0.3 is 0 Å². The van der Waals surface area contributed by atoms with Crippen molar-refractivity contribution in [2.24, 2.45) is 0 Å². The fourth-order valence-electron chi connectivity index (χ4n) is 2.45. The van der Waals surface area contributed by atoms with Gasteiger partial charge in [0.05, 0.1) is 5.54 Å². The van der Waals surface area contributed by atoms with Crippen LogP contribution in [0.3, 0.4) is 0 Å². The van der Waals surface area contributed by atoms with Crippen molar-refractivity contribution in [3.05, 3.63) is 71.3 Å². The van der Waals surface area contributed by atoms with Crippen LogP contribution in [0.1, 0.15) is 28.4 Å². The van der Waals surface area contributed by atoms with E-state index < -0.39 is 5.54 Å². The maximum atomic E-state index is 13.0. The number of carbonyl (C=O) groups excluding carboxylic acids is 1. The number of likely N-dealkylation sites (N-methyl/N-ethyl adjacent to an activating group) is 1. The largest absolute Gasteiger partial charge is 0.297 e. The second-order valence-electron chi connectivity index (χ2n) is 6.03. The summed E-state index contributed by atoms with van der Waals surface area (Å²) in [6.45, 7) is 4.05. The molecule has 1 unspecified atom stereocenters. The lowest BCUT2D eigenvalue weighted by molar-refractivity contribution is 0.0719. The van der Waals surface area contributed by atoms with Crippen molar-refractivity contribution in [1.82, 2.24) is 4.90 Å². The number of aryl methyl sites for hydroxylation is 1. The lowest BCUT2D eigenvalue weighted by Crippen LogP contribution is -2.50. The summed E-state index contributed by atoms with van der Waals surface area (Å²) < 4.78 is 0. The van der Waals surface area contributed by atoms with Crippen LogP contribution in [0.5, 0.6) is 0 Å². The highest BCUT2D eigenvalue weighted by Gasteiger charge is 2.36.